The third-order valence-electron chi connectivity index (χ3n) is 10.4. The topological polar surface area (TPSA) is 104 Å². The number of hydrogen-bond donors (Lipinski definition) is 2. The number of fused-ring (bicyclic) bond motifs is 2. The Morgan fingerprint density at radius 2 is 1.89 bits per heavy atom. The van der Waals surface area contributed by atoms with E-state index in [1.807, 2.05) is 29.2 Å². The zero-order valence-electron chi connectivity index (χ0n) is 26.0. The van der Waals surface area contributed by atoms with Gasteiger partial charge in [0.1, 0.15) is 5.65 Å². The van der Waals surface area contributed by atoms with E-state index in [4.69, 9.17) is 9.97 Å². The minimum atomic E-state index is -0.0116. The molecule has 0 radical (unpaired) electrons. The van der Waals surface area contributed by atoms with Crippen LogP contribution < -0.4 is 21.1 Å². The quantitative estimate of drug-likeness (QED) is 0.311. The van der Waals surface area contributed by atoms with Crippen molar-refractivity contribution in [3.05, 3.63) is 81.5 Å². The largest absolute Gasteiger partial charge is 0.369 e. The lowest BCUT2D eigenvalue weighted by atomic mass is 9.96. The molecule has 3 aromatic heterocycles. The molecule has 2 unspecified atom stereocenters. The van der Waals surface area contributed by atoms with Gasteiger partial charge in [0.15, 0.2) is 0 Å². The molecule has 8 rings (SSSR count). The first-order valence-corrected chi connectivity index (χ1v) is 16.6. The zero-order valence-corrected chi connectivity index (χ0v) is 26.0. The van der Waals surface area contributed by atoms with E-state index in [1.54, 1.807) is 0 Å². The Kier molecular flexibility index (Phi) is 7.54. The summed E-state index contributed by atoms with van der Waals surface area (Å²) in [5.41, 5.74) is 8.18. The van der Waals surface area contributed by atoms with E-state index in [9.17, 15) is 4.79 Å². The van der Waals surface area contributed by atoms with Gasteiger partial charge in [-0.2, -0.15) is 15.2 Å². The van der Waals surface area contributed by atoms with Crippen molar-refractivity contribution in [1.82, 2.24) is 34.9 Å². The molecule has 10 nitrogen and oxygen atoms in total. The van der Waals surface area contributed by atoms with E-state index in [0.717, 1.165) is 86.2 Å². The van der Waals surface area contributed by atoms with Crippen molar-refractivity contribution in [1.29, 1.82) is 0 Å². The molecule has 45 heavy (non-hydrogen) atoms. The van der Waals surface area contributed by atoms with E-state index in [-0.39, 0.29) is 5.56 Å². The molecule has 0 spiro atoms. The molecule has 4 aromatic rings. The third-order valence-corrected chi connectivity index (χ3v) is 10.4. The standard InChI is InChI=1S/C35H41N9O/c1-23-4-2-6-30(23)31-16-25-18-37-35(40-27-7-9-28(10-8-27)43-15-14-42-13-3-5-29(42)22-43)41-33(25)44(34(31)45)21-26-19-38-39-20-32(26)24-11-12-36-17-24/h7-10,16,18-20,24,29,36H,2-6,11-15,17,21-22H2,1H3,(H,37,40,41). The third kappa shape index (κ3) is 5.50. The van der Waals surface area contributed by atoms with Crippen LogP contribution in [0.25, 0.3) is 16.6 Å². The Labute approximate surface area is 263 Å². The minimum absolute atomic E-state index is 0.0116. The smallest absolute Gasteiger partial charge is 0.260 e. The molecule has 3 aliphatic heterocycles. The summed E-state index contributed by atoms with van der Waals surface area (Å²) in [6, 6.07) is 11.2. The van der Waals surface area contributed by atoms with Crippen LogP contribution in [0, 0.1) is 0 Å². The van der Waals surface area contributed by atoms with Crippen molar-refractivity contribution >= 4 is 33.9 Å². The second kappa shape index (κ2) is 12.0. The van der Waals surface area contributed by atoms with Gasteiger partial charge in [0.05, 0.1) is 18.9 Å². The number of benzene rings is 1. The lowest BCUT2D eigenvalue weighted by molar-refractivity contribution is 0.231. The molecule has 6 heterocycles. The molecule has 0 bridgehead atoms. The van der Waals surface area contributed by atoms with Gasteiger partial charge in [0.2, 0.25) is 5.95 Å². The van der Waals surface area contributed by atoms with Gasteiger partial charge in [0, 0.05) is 60.7 Å². The summed E-state index contributed by atoms with van der Waals surface area (Å²) in [5, 5.41) is 16.1. The van der Waals surface area contributed by atoms with Gasteiger partial charge in [-0.25, -0.2) is 4.98 Å². The SMILES string of the molecule is CC1=C(c2cc3cnc(Nc4ccc(N5CCN6CCCC6C5)cc4)nc3n(Cc3cnncc3C3CCNC3)c2=O)CCC1. The minimum Gasteiger partial charge on any atom is -0.369 e. The Balaban J connectivity index is 1.12. The van der Waals surface area contributed by atoms with Gasteiger partial charge in [0.25, 0.3) is 5.56 Å². The first-order valence-electron chi connectivity index (χ1n) is 16.6. The number of pyridine rings is 1. The first kappa shape index (κ1) is 28.3. The van der Waals surface area contributed by atoms with Crippen molar-refractivity contribution in [2.75, 3.05) is 49.5 Å². The maximum Gasteiger partial charge on any atom is 0.260 e. The molecule has 0 saturated carbocycles. The van der Waals surface area contributed by atoms with Crippen LogP contribution in [0.15, 0.2) is 59.3 Å². The summed E-state index contributed by atoms with van der Waals surface area (Å²) in [6.07, 6.45) is 12.2. The van der Waals surface area contributed by atoms with Gasteiger partial charge in [-0.05, 0) is 111 Å². The maximum atomic E-state index is 14.3. The summed E-state index contributed by atoms with van der Waals surface area (Å²) in [7, 11) is 0. The average molecular weight is 604 g/mol. The molecule has 0 amide bonds. The maximum absolute atomic E-state index is 14.3. The van der Waals surface area contributed by atoms with Crippen LogP contribution in [-0.4, -0.2) is 74.9 Å². The molecule has 1 aliphatic carbocycles. The number of anilines is 3. The molecular weight excluding hydrogens is 562 g/mol. The highest BCUT2D eigenvalue weighted by molar-refractivity contribution is 5.82. The summed E-state index contributed by atoms with van der Waals surface area (Å²) in [4.78, 5) is 29.1. The van der Waals surface area contributed by atoms with Crippen LogP contribution in [0.5, 0.6) is 0 Å². The monoisotopic (exact) mass is 603 g/mol. The van der Waals surface area contributed by atoms with Crippen LogP contribution in [0.4, 0.5) is 17.3 Å². The Morgan fingerprint density at radius 1 is 1.00 bits per heavy atom. The molecule has 10 heteroatoms. The number of nitrogens with zero attached hydrogens (tertiary/aromatic N) is 7. The second-order valence-corrected chi connectivity index (χ2v) is 13.1. The molecule has 3 fully saturated rings. The summed E-state index contributed by atoms with van der Waals surface area (Å²) in [5.74, 6) is 0.831. The fourth-order valence-electron chi connectivity index (χ4n) is 7.90. The van der Waals surface area contributed by atoms with E-state index in [0.29, 0.717) is 30.1 Å². The fraction of sp³-hybridized carbons (Fsp3) is 0.457. The van der Waals surface area contributed by atoms with Crippen LogP contribution in [0.1, 0.15) is 68.1 Å². The molecule has 1 aromatic carbocycles. The summed E-state index contributed by atoms with van der Waals surface area (Å²) < 4.78 is 1.82. The Morgan fingerprint density at radius 3 is 2.71 bits per heavy atom. The van der Waals surface area contributed by atoms with Gasteiger partial charge >= 0.3 is 0 Å². The van der Waals surface area contributed by atoms with Gasteiger partial charge in [-0.3, -0.25) is 14.3 Å². The van der Waals surface area contributed by atoms with Crippen molar-refractivity contribution < 1.29 is 0 Å². The lowest BCUT2D eigenvalue weighted by Crippen LogP contribution is -2.50. The summed E-state index contributed by atoms with van der Waals surface area (Å²) in [6.45, 7) is 8.99. The fourth-order valence-corrected chi connectivity index (χ4v) is 7.90. The van der Waals surface area contributed by atoms with Crippen LogP contribution >= 0.6 is 0 Å². The molecule has 2 atom stereocenters. The molecule has 4 aliphatic rings. The van der Waals surface area contributed by atoms with Crippen LogP contribution in [-0.2, 0) is 6.54 Å². The second-order valence-electron chi connectivity index (χ2n) is 13.1. The van der Waals surface area contributed by atoms with Gasteiger partial charge in [-0.15, -0.1) is 0 Å². The number of nitrogens with one attached hydrogen (secondary N) is 2. The average Bonchev–Trinajstić information content (AvgIpc) is 3.86. The highest BCUT2D eigenvalue weighted by Crippen LogP contribution is 2.34. The number of piperazine rings is 1. The predicted octanol–water partition coefficient (Wildman–Crippen LogP) is 4.69. The molecular formula is C35H41N9O. The van der Waals surface area contributed by atoms with E-state index < -0.39 is 0 Å². The van der Waals surface area contributed by atoms with Crippen LogP contribution in [0.2, 0.25) is 0 Å². The molecule has 3 saturated heterocycles. The first-order chi connectivity index (χ1) is 22.1. The normalized spacial score (nSPS) is 22.0. The number of hydrogen-bond acceptors (Lipinski definition) is 9. The lowest BCUT2D eigenvalue weighted by Gasteiger charge is -2.38. The van der Waals surface area contributed by atoms with Crippen molar-refractivity contribution in [2.45, 2.75) is 64.0 Å². The zero-order chi connectivity index (χ0) is 30.3. The summed E-state index contributed by atoms with van der Waals surface area (Å²) >= 11 is 0. The van der Waals surface area contributed by atoms with Crippen LogP contribution in [0.3, 0.4) is 0 Å². The van der Waals surface area contributed by atoms with E-state index in [2.05, 4.69) is 61.8 Å². The Bertz CT molecular complexity index is 1810. The Hall–Kier alpha value is -4.15. The number of aromatic nitrogens is 5. The van der Waals surface area contributed by atoms with E-state index >= 15 is 0 Å². The molecule has 232 valence electrons. The van der Waals surface area contributed by atoms with Crippen molar-refractivity contribution in [2.24, 2.45) is 0 Å². The number of rotatable bonds is 7. The van der Waals surface area contributed by atoms with Gasteiger partial charge in [-0.1, -0.05) is 5.57 Å². The highest BCUT2D eigenvalue weighted by atomic mass is 16.1. The van der Waals surface area contributed by atoms with E-state index in [1.165, 1.54) is 36.2 Å². The number of allylic oxidation sites excluding steroid dienone is 2. The van der Waals surface area contributed by atoms with Gasteiger partial charge < -0.3 is 15.5 Å². The van der Waals surface area contributed by atoms with Crippen molar-refractivity contribution in [3.8, 4) is 0 Å². The predicted molar refractivity (Wildman–Crippen MR) is 178 cm³/mol. The highest BCUT2D eigenvalue weighted by Gasteiger charge is 2.30. The van der Waals surface area contributed by atoms with Crippen molar-refractivity contribution in [3.63, 3.8) is 0 Å². The molecule has 2 N–H and O–H groups in total.